The summed E-state index contributed by atoms with van der Waals surface area (Å²) in [6.45, 7) is 18.9. The van der Waals surface area contributed by atoms with Gasteiger partial charge in [0.25, 0.3) is 0 Å². The van der Waals surface area contributed by atoms with E-state index in [4.69, 9.17) is 9.47 Å². The number of esters is 2. The van der Waals surface area contributed by atoms with Gasteiger partial charge in [0, 0.05) is 12.8 Å². The fraction of sp³-hybridized carbons (Fsp3) is 0.923. The van der Waals surface area contributed by atoms with Crippen molar-refractivity contribution in [3.8, 4) is 0 Å². The lowest BCUT2D eigenvalue weighted by atomic mass is 9.84. The van der Waals surface area contributed by atoms with Crippen molar-refractivity contribution in [3.05, 3.63) is 0 Å². The van der Waals surface area contributed by atoms with Gasteiger partial charge in [-0.15, -0.1) is 0 Å². The fourth-order valence-corrected chi connectivity index (χ4v) is 4.08. The minimum Gasteiger partial charge on any atom is -0.466 e. The molecule has 0 saturated heterocycles. The minimum absolute atomic E-state index is 0.0956. The van der Waals surface area contributed by atoms with Crippen LogP contribution in [0.5, 0.6) is 0 Å². The summed E-state index contributed by atoms with van der Waals surface area (Å²) in [5.41, 5.74) is 0.640. The van der Waals surface area contributed by atoms with Crippen LogP contribution in [-0.4, -0.2) is 25.2 Å². The molecule has 0 aliphatic rings. The maximum absolute atomic E-state index is 11.8. The molecule has 0 fully saturated rings. The lowest BCUT2D eigenvalue weighted by molar-refractivity contribution is -0.145. The molecule has 0 heterocycles. The Morgan fingerprint density at radius 2 is 0.967 bits per heavy atom. The van der Waals surface area contributed by atoms with Gasteiger partial charge in [-0.2, -0.15) is 0 Å². The summed E-state index contributed by atoms with van der Waals surface area (Å²) < 4.78 is 10.7. The largest absolute Gasteiger partial charge is 0.466 e. The van der Waals surface area contributed by atoms with Gasteiger partial charge in [0.1, 0.15) is 0 Å². The molecule has 0 bridgehead atoms. The first-order valence-electron chi connectivity index (χ1n) is 12.1. The van der Waals surface area contributed by atoms with E-state index in [1.54, 1.807) is 0 Å². The summed E-state index contributed by atoms with van der Waals surface area (Å²) >= 11 is 0. The van der Waals surface area contributed by atoms with Gasteiger partial charge in [-0.3, -0.25) is 9.59 Å². The van der Waals surface area contributed by atoms with Crippen molar-refractivity contribution in [3.63, 3.8) is 0 Å². The highest BCUT2D eigenvalue weighted by Crippen LogP contribution is 2.26. The van der Waals surface area contributed by atoms with E-state index in [1.165, 1.54) is 0 Å². The molecule has 2 atom stereocenters. The van der Waals surface area contributed by atoms with Gasteiger partial charge in [0.2, 0.25) is 0 Å². The summed E-state index contributed by atoms with van der Waals surface area (Å²) in [5.74, 6) is 0.946. The number of hydrogen-bond acceptors (Lipinski definition) is 4. The molecule has 0 aromatic rings. The molecule has 178 valence electrons. The quantitative estimate of drug-likeness (QED) is 0.203. The van der Waals surface area contributed by atoms with Gasteiger partial charge in [0.15, 0.2) is 0 Å². The minimum atomic E-state index is -0.0956. The Labute approximate surface area is 186 Å². The van der Waals surface area contributed by atoms with Gasteiger partial charge >= 0.3 is 11.9 Å². The Morgan fingerprint density at radius 1 is 0.633 bits per heavy atom. The van der Waals surface area contributed by atoms with Crippen LogP contribution in [0.15, 0.2) is 0 Å². The lowest BCUT2D eigenvalue weighted by Crippen LogP contribution is -2.14. The molecule has 0 aromatic carbocycles. The van der Waals surface area contributed by atoms with E-state index in [9.17, 15) is 9.59 Å². The number of hydrogen-bond donors (Lipinski definition) is 0. The fourth-order valence-electron chi connectivity index (χ4n) is 4.08. The third-order valence-corrected chi connectivity index (χ3v) is 5.18. The zero-order valence-electron chi connectivity index (χ0n) is 21.3. The SMILES string of the molecule is CC(CCOC(=O)CCCCCCC(=O)OCCC(C)CC(C)(C)C)CC(C)(C)C. The van der Waals surface area contributed by atoms with Crippen LogP contribution < -0.4 is 0 Å². The van der Waals surface area contributed by atoms with Gasteiger partial charge in [-0.25, -0.2) is 0 Å². The molecule has 0 aromatic heterocycles. The van der Waals surface area contributed by atoms with Crippen molar-refractivity contribution in [2.24, 2.45) is 22.7 Å². The van der Waals surface area contributed by atoms with Crippen molar-refractivity contribution in [2.45, 2.75) is 120 Å². The first kappa shape index (κ1) is 28.9. The molecule has 0 saturated carbocycles. The molecule has 0 spiro atoms. The van der Waals surface area contributed by atoms with Gasteiger partial charge in [-0.1, -0.05) is 68.2 Å². The van der Waals surface area contributed by atoms with Gasteiger partial charge < -0.3 is 9.47 Å². The summed E-state index contributed by atoms with van der Waals surface area (Å²) in [5, 5.41) is 0. The topological polar surface area (TPSA) is 52.6 Å². The molecule has 0 N–H and O–H groups in total. The molecule has 0 aliphatic carbocycles. The van der Waals surface area contributed by atoms with Crippen LogP contribution in [0.4, 0.5) is 0 Å². The van der Waals surface area contributed by atoms with Crippen molar-refractivity contribution in [1.29, 1.82) is 0 Å². The molecule has 4 nitrogen and oxygen atoms in total. The molecule has 30 heavy (non-hydrogen) atoms. The van der Waals surface area contributed by atoms with Crippen LogP contribution in [0.2, 0.25) is 0 Å². The second-order valence-corrected chi connectivity index (χ2v) is 11.7. The van der Waals surface area contributed by atoms with E-state index in [0.717, 1.165) is 51.4 Å². The standard InChI is InChI=1S/C26H50O4/c1-21(19-25(3,4)5)15-17-29-23(27)13-11-9-10-12-14-24(28)30-18-16-22(2)20-26(6,7)8/h21-22H,9-20H2,1-8H3. The summed E-state index contributed by atoms with van der Waals surface area (Å²) in [6, 6.07) is 0. The van der Waals surface area contributed by atoms with Gasteiger partial charge in [-0.05, 0) is 61.2 Å². The highest BCUT2D eigenvalue weighted by molar-refractivity contribution is 5.69. The number of unbranched alkanes of at least 4 members (excludes halogenated alkanes) is 3. The van der Waals surface area contributed by atoms with Crippen molar-refractivity contribution < 1.29 is 19.1 Å². The maximum atomic E-state index is 11.8. The second-order valence-electron chi connectivity index (χ2n) is 11.7. The Balaban J connectivity index is 3.59. The van der Waals surface area contributed by atoms with E-state index >= 15 is 0 Å². The molecule has 0 amide bonds. The molecule has 4 heteroatoms. The van der Waals surface area contributed by atoms with Crippen LogP contribution >= 0.6 is 0 Å². The molecule has 2 unspecified atom stereocenters. The van der Waals surface area contributed by atoms with Crippen LogP contribution in [0, 0.1) is 22.7 Å². The highest BCUT2D eigenvalue weighted by Gasteiger charge is 2.16. The summed E-state index contributed by atoms with van der Waals surface area (Å²) in [4.78, 5) is 23.6. The molecular weight excluding hydrogens is 376 g/mol. The number of carbonyl (C=O) groups excluding carboxylic acids is 2. The van der Waals surface area contributed by atoms with Crippen molar-refractivity contribution in [2.75, 3.05) is 13.2 Å². The second kappa shape index (κ2) is 14.9. The van der Waals surface area contributed by atoms with Gasteiger partial charge in [0.05, 0.1) is 13.2 Å². The van der Waals surface area contributed by atoms with E-state index in [2.05, 4.69) is 55.4 Å². The summed E-state index contributed by atoms with van der Waals surface area (Å²) in [7, 11) is 0. The molecular formula is C26H50O4. The highest BCUT2D eigenvalue weighted by atomic mass is 16.5. The molecule has 0 radical (unpaired) electrons. The Hall–Kier alpha value is -1.06. The Bertz CT molecular complexity index is 426. The smallest absolute Gasteiger partial charge is 0.305 e. The molecule has 0 aliphatic heterocycles. The van der Waals surface area contributed by atoms with E-state index < -0.39 is 0 Å². The first-order chi connectivity index (χ1) is 13.8. The predicted molar refractivity (Wildman–Crippen MR) is 125 cm³/mol. The van der Waals surface area contributed by atoms with Crippen LogP contribution in [0.3, 0.4) is 0 Å². The normalized spacial score (nSPS) is 14.3. The van der Waals surface area contributed by atoms with E-state index in [-0.39, 0.29) is 11.9 Å². The van der Waals surface area contributed by atoms with Crippen LogP contribution in [0.25, 0.3) is 0 Å². The third-order valence-electron chi connectivity index (χ3n) is 5.18. The Kier molecular flexibility index (Phi) is 14.3. The average molecular weight is 427 g/mol. The van der Waals surface area contributed by atoms with Crippen LogP contribution in [0.1, 0.15) is 120 Å². The summed E-state index contributed by atoms with van der Waals surface area (Å²) in [6.07, 6.45) is 8.65. The predicted octanol–water partition coefficient (Wildman–Crippen LogP) is 7.34. The Morgan fingerprint density at radius 3 is 1.27 bits per heavy atom. The number of ether oxygens (including phenoxy) is 2. The van der Waals surface area contributed by atoms with Crippen LogP contribution in [-0.2, 0) is 19.1 Å². The number of carbonyl (C=O) groups is 2. The lowest BCUT2D eigenvalue weighted by Gasteiger charge is -2.23. The maximum Gasteiger partial charge on any atom is 0.305 e. The molecule has 0 rings (SSSR count). The monoisotopic (exact) mass is 426 g/mol. The van der Waals surface area contributed by atoms with E-state index in [0.29, 0.717) is 48.7 Å². The first-order valence-corrected chi connectivity index (χ1v) is 12.1. The zero-order valence-corrected chi connectivity index (χ0v) is 21.3. The average Bonchev–Trinajstić information content (AvgIpc) is 2.54. The zero-order chi connectivity index (χ0) is 23.2. The number of rotatable bonds is 15. The van der Waals surface area contributed by atoms with E-state index in [1.807, 2.05) is 0 Å². The van der Waals surface area contributed by atoms with Crippen molar-refractivity contribution in [1.82, 2.24) is 0 Å². The third kappa shape index (κ3) is 20.2. The van der Waals surface area contributed by atoms with Crippen molar-refractivity contribution >= 4 is 11.9 Å².